The summed E-state index contributed by atoms with van der Waals surface area (Å²) >= 11 is 0. The first kappa shape index (κ1) is 14.1. The molecule has 0 spiro atoms. The molecule has 1 aromatic rings. The second-order valence-electron chi connectivity index (χ2n) is 4.87. The third-order valence-electron chi connectivity index (χ3n) is 2.07. The van der Waals surface area contributed by atoms with Crippen molar-refractivity contribution < 1.29 is 20.0 Å². The standard InChI is InChI=1S/C13H20O4/c1-13(2,3)17-16-12(11(15)9-14)10-7-5-4-6-8-10/h4-8,11-12,14-15H,9H2,1-3H3. The fraction of sp³-hybridized carbons (Fsp3) is 0.538. The molecule has 0 amide bonds. The zero-order valence-corrected chi connectivity index (χ0v) is 10.5. The van der Waals surface area contributed by atoms with Crippen LogP contribution in [0.15, 0.2) is 30.3 Å². The van der Waals surface area contributed by atoms with Gasteiger partial charge in [0.1, 0.15) is 12.2 Å². The van der Waals surface area contributed by atoms with Crippen molar-refractivity contribution in [3.8, 4) is 0 Å². The van der Waals surface area contributed by atoms with Crippen LogP contribution in [-0.2, 0) is 9.78 Å². The molecule has 1 rings (SSSR count). The minimum Gasteiger partial charge on any atom is -0.394 e. The molecule has 1 aromatic carbocycles. The Hall–Kier alpha value is -0.940. The first-order valence-electron chi connectivity index (χ1n) is 5.62. The fourth-order valence-corrected chi connectivity index (χ4v) is 1.28. The molecule has 0 aromatic heterocycles. The van der Waals surface area contributed by atoms with Crippen molar-refractivity contribution in [3.05, 3.63) is 35.9 Å². The molecular weight excluding hydrogens is 220 g/mol. The van der Waals surface area contributed by atoms with E-state index in [2.05, 4.69) is 0 Å². The molecule has 2 N–H and O–H groups in total. The maximum atomic E-state index is 9.71. The van der Waals surface area contributed by atoms with Gasteiger partial charge in [0, 0.05) is 0 Å². The highest BCUT2D eigenvalue weighted by Gasteiger charge is 2.25. The minimum absolute atomic E-state index is 0.382. The Kier molecular flexibility index (Phi) is 5.08. The summed E-state index contributed by atoms with van der Waals surface area (Å²) < 4.78 is 0. The first-order chi connectivity index (χ1) is 7.94. The van der Waals surface area contributed by atoms with E-state index in [-0.39, 0.29) is 6.61 Å². The van der Waals surface area contributed by atoms with Gasteiger partial charge in [-0.05, 0) is 26.3 Å². The number of hydrogen-bond donors (Lipinski definition) is 2. The Morgan fingerprint density at radius 3 is 2.24 bits per heavy atom. The Bertz CT molecular complexity index is 318. The monoisotopic (exact) mass is 240 g/mol. The van der Waals surface area contributed by atoms with E-state index in [9.17, 15) is 5.11 Å². The molecule has 17 heavy (non-hydrogen) atoms. The van der Waals surface area contributed by atoms with Crippen molar-refractivity contribution in [2.45, 2.75) is 38.6 Å². The fourth-order valence-electron chi connectivity index (χ4n) is 1.28. The zero-order chi connectivity index (χ0) is 12.9. The average Bonchev–Trinajstić information content (AvgIpc) is 2.29. The number of rotatable bonds is 5. The molecule has 0 saturated carbocycles. The van der Waals surface area contributed by atoms with E-state index in [4.69, 9.17) is 14.9 Å². The Labute approximate surface area is 102 Å². The summed E-state index contributed by atoms with van der Waals surface area (Å²) in [6.45, 7) is 5.16. The smallest absolute Gasteiger partial charge is 0.146 e. The van der Waals surface area contributed by atoms with Crippen molar-refractivity contribution in [2.24, 2.45) is 0 Å². The summed E-state index contributed by atoms with van der Waals surface area (Å²) in [5.41, 5.74) is 0.292. The maximum Gasteiger partial charge on any atom is 0.146 e. The molecular formula is C13H20O4. The predicted molar refractivity (Wildman–Crippen MR) is 64.2 cm³/mol. The van der Waals surface area contributed by atoms with E-state index in [1.54, 1.807) is 0 Å². The van der Waals surface area contributed by atoms with E-state index in [0.717, 1.165) is 5.56 Å². The summed E-state index contributed by atoms with van der Waals surface area (Å²) in [6, 6.07) is 9.18. The van der Waals surface area contributed by atoms with E-state index in [1.807, 2.05) is 51.1 Å². The van der Waals surface area contributed by atoms with Crippen LogP contribution in [0.1, 0.15) is 32.4 Å². The van der Waals surface area contributed by atoms with Crippen LogP contribution in [-0.4, -0.2) is 28.5 Å². The third kappa shape index (κ3) is 4.83. The van der Waals surface area contributed by atoms with Crippen LogP contribution in [0, 0.1) is 0 Å². The van der Waals surface area contributed by atoms with E-state index in [1.165, 1.54) is 0 Å². The van der Waals surface area contributed by atoms with Gasteiger partial charge in [-0.15, -0.1) is 0 Å². The van der Waals surface area contributed by atoms with Crippen LogP contribution < -0.4 is 0 Å². The molecule has 4 heteroatoms. The highest BCUT2D eigenvalue weighted by atomic mass is 17.2. The maximum absolute atomic E-state index is 9.71. The van der Waals surface area contributed by atoms with Gasteiger partial charge in [-0.1, -0.05) is 30.3 Å². The van der Waals surface area contributed by atoms with Gasteiger partial charge in [0.05, 0.1) is 12.2 Å². The predicted octanol–water partition coefficient (Wildman–Crippen LogP) is 1.83. The first-order valence-corrected chi connectivity index (χ1v) is 5.62. The van der Waals surface area contributed by atoms with Gasteiger partial charge in [-0.3, -0.25) is 0 Å². The lowest BCUT2D eigenvalue weighted by Crippen LogP contribution is -2.29. The molecule has 0 saturated heterocycles. The van der Waals surface area contributed by atoms with Crippen LogP contribution in [0.2, 0.25) is 0 Å². The molecule has 2 unspecified atom stereocenters. The van der Waals surface area contributed by atoms with Crippen molar-refractivity contribution in [1.29, 1.82) is 0 Å². The minimum atomic E-state index is -1.01. The Morgan fingerprint density at radius 2 is 1.76 bits per heavy atom. The largest absolute Gasteiger partial charge is 0.394 e. The normalized spacial score (nSPS) is 15.6. The lowest BCUT2D eigenvalue weighted by atomic mass is 10.1. The molecule has 4 nitrogen and oxygen atoms in total. The molecule has 96 valence electrons. The second-order valence-corrected chi connectivity index (χ2v) is 4.87. The van der Waals surface area contributed by atoms with Crippen LogP contribution in [0.3, 0.4) is 0 Å². The van der Waals surface area contributed by atoms with Crippen molar-refractivity contribution in [1.82, 2.24) is 0 Å². The van der Waals surface area contributed by atoms with Gasteiger partial charge >= 0.3 is 0 Å². The van der Waals surface area contributed by atoms with E-state index in [0.29, 0.717) is 0 Å². The van der Waals surface area contributed by atoms with Crippen LogP contribution >= 0.6 is 0 Å². The van der Waals surface area contributed by atoms with Gasteiger partial charge in [0.25, 0.3) is 0 Å². The molecule has 0 radical (unpaired) electrons. The summed E-state index contributed by atoms with van der Waals surface area (Å²) in [5.74, 6) is 0. The number of benzene rings is 1. The molecule has 2 atom stereocenters. The Morgan fingerprint density at radius 1 is 1.18 bits per heavy atom. The summed E-state index contributed by atoms with van der Waals surface area (Å²) in [7, 11) is 0. The van der Waals surface area contributed by atoms with Gasteiger partial charge in [0.15, 0.2) is 0 Å². The summed E-state index contributed by atoms with van der Waals surface area (Å²) in [4.78, 5) is 10.4. The topological polar surface area (TPSA) is 58.9 Å². The number of aliphatic hydroxyl groups excluding tert-OH is 2. The van der Waals surface area contributed by atoms with Gasteiger partial charge in [0.2, 0.25) is 0 Å². The van der Waals surface area contributed by atoms with Crippen molar-refractivity contribution in [3.63, 3.8) is 0 Å². The second kappa shape index (κ2) is 6.12. The van der Waals surface area contributed by atoms with E-state index < -0.39 is 17.8 Å². The summed E-state index contributed by atoms with van der Waals surface area (Å²) in [5, 5.41) is 18.7. The highest BCUT2D eigenvalue weighted by Crippen LogP contribution is 2.24. The molecule has 0 aliphatic heterocycles. The van der Waals surface area contributed by atoms with Crippen molar-refractivity contribution in [2.75, 3.05) is 6.61 Å². The average molecular weight is 240 g/mol. The van der Waals surface area contributed by atoms with E-state index >= 15 is 0 Å². The van der Waals surface area contributed by atoms with Gasteiger partial charge < -0.3 is 10.2 Å². The van der Waals surface area contributed by atoms with Gasteiger partial charge in [-0.2, -0.15) is 0 Å². The molecule has 0 aliphatic carbocycles. The molecule has 0 aliphatic rings. The highest BCUT2D eigenvalue weighted by molar-refractivity contribution is 5.18. The summed E-state index contributed by atoms with van der Waals surface area (Å²) in [6.07, 6.45) is -1.71. The lowest BCUT2D eigenvalue weighted by Gasteiger charge is -2.25. The van der Waals surface area contributed by atoms with Gasteiger partial charge in [-0.25, -0.2) is 9.78 Å². The SMILES string of the molecule is CC(C)(C)OOC(c1ccccc1)C(O)CO. The van der Waals surface area contributed by atoms with Crippen LogP contribution in [0.4, 0.5) is 0 Å². The quantitative estimate of drug-likeness (QED) is 0.609. The molecule has 0 heterocycles. The number of aliphatic hydroxyl groups is 2. The lowest BCUT2D eigenvalue weighted by molar-refractivity contribution is -0.387. The molecule has 0 fully saturated rings. The molecule has 0 bridgehead atoms. The zero-order valence-electron chi connectivity index (χ0n) is 10.5. The van der Waals surface area contributed by atoms with Crippen LogP contribution in [0.5, 0.6) is 0 Å². The van der Waals surface area contributed by atoms with Crippen molar-refractivity contribution >= 4 is 0 Å². The van der Waals surface area contributed by atoms with Crippen LogP contribution in [0.25, 0.3) is 0 Å². The third-order valence-corrected chi connectivity index (χ3v) is 2.07. The Balaban J connectivity index is 2.75. The number of hydrogen-bond acceptors (Lipinski definition) is 4.